The zero-order chi connectivity index (χ0) is 21.1. The van der Waals surface area contributed by atoms with Gasteiger partial charge in [-0.3, -0.25) is 9.59 Å². The minimum absolute atomic E-state index is 0.0314. The van der Waals surface area contributed by atoms with E-state index in [2.05, 4.69) is 34.4 Å². The van der Waals surface area contributed by atoms with Crippen LogP contribution in [-0.2, 0) is 4.79 Å². The highest BCUT2D eigenvalue weighted by atomic mass is 16.2. The first-order valence-electron chi connectivity index (χ1n) is 10.6. The number of rotatable bonds is 5. The van der Waals surface area contributed by atoms with Crippen LogP contribution in [0.4, 0.5) is 5.69 Å². The molecule has 0 radical (unpaired) electrons. The first-order chi connectivity index (χ1) is 14.5. The van der Waals surface area contributed by atoms with Crippen LogP contribution < -0.4 is 16.2 Å². The number of hydrogen-bond donors (Lipinski definition) is 3. The van der Waals surface area contributed by atoms with E-state index >= 15 is 0 Å². The van der Waals surface area contributed by atoms with Gasteiger partial charge in [0.25, 0.3) is 5.56 Å². The molecule has 0 spiro atoms. The van der Waals surface area contributed by atoms with E-state index < -0.39 is 0 Å². The highest BCUT2D eigenvalue weighted by Gasteiger charge is 2.28. The van der Waals surface area contributed by atoms with Gasteiger partial charge in [-0.2, -0.15) is 0 Å². The van der Waals surface area contributed by atoms with E-state index in [0.717, 1.165) is 18.4 Å². The van der Waals surface area contributed by atoms with Crippen LogP contribution in [0.2, 0.25) is 0 Å². The molecule has 1 amide bonds. The van der Waals surface area contributed by atoms with Crippen molar-refractivity contribution in [1.82, 2.24) is 15.3 Å². The molecule has 1 aliphatic rings. The number of aromatic nitrogens is 2. The third-order valence-electron chi connectivity index (χ3n) is 6.27. The monoisotopic (exact) mass is 404 g/mol. The van der Waals surface area contributed by atoms with E-state index in [1.165, 1.54) is 6.42 Å². The number of hydrogen-bond acceptors (Lipinski definition) is 4. The van der Waals surface area contributed by atoms with Crippen LogP contribution in [0.1, 0.15) is 33.1 Å². The van der Waals surface area contributed by atoms with E-state index in [1.54, 1.807) is 0 Å². The molecule has 30 heavy (non-hydrogen) atoms. The number of carbonyl (C=O) groups excluding carboxylic acids is 1. The molecule has 2 aromatic carbocycles. The quantitative estimate of drug-likeness (QED) is 0.601. The SMILES string of the molecule is CC1CCCC(NC(=O)CNc2ccccc2-c2nc3ccccc3[nH]c2=O)C1C. The molecule has 3 unspecified atom stereocenters. The maximum Gasteiger partial charge on any atom is 0.275 e. The summed E-state index contributed by atoms with van der Waals surface area (Å²) in [5.74, 6) is 1.08. The number of fused-ring (bicyclic) bond motifs is 1. The Morgan fingerprint density at radius 1 is 1.10 bits per heavy atom. The summed E-state index contributed by atoms with van der Waals surface area (Å²) in [5, 5.41) is 6.38. The highest BCUT2D eigenvalue weighted by Crippen LogP contribution is 2.29. The Labute approximate surface area is 176 Å². The summed E-state index contributed by atoms with van der Waals surface area (Å²) in [6.45, 7) is 4.63. The normalized spacial score (nSPS) is 21.3. The van der Waals surface area contributed by atoms with Crippen molar-refractivity contribution in [2.45, 2.75) is 39.2 Å². The predicted molar refractivity (Wildman–Crippen MR) is 120 cm³/mol. The van der Waals surface area contributed by atoms with Gasteiger partial charge in [0.15, 0.2) is 0 Å². The minimum atomic E-state index is -0.252. The molecule has 6 heteroatoms. The van der Waals surface area contributed by atoms with Gasteiger partial charge in [-0.15, -0.1) is 0 Å². The molecule has 6 nitrogen and oxygen atoms in total. The largest absolute Gasteiger partial charge is 0.376 e. The number of carbonyl (C=O) groups is 1. The lowest BCUT2D eigenvalue weighted by Gasteiger charge is -2.34. The second kappa shape index (κ2) is 8.69. The molecule has 0 aliphatic heterocycles. The van der Waals surface area contributed by atoms with Crippen molar-refractivity contribution in [2.75, 3.05) is 11.9 Å². The summed E-state index contributed by atoms with van der Waals surface area (Å²) in [6.07, 6.45) is 3.42. The fourth-order valence-corrected chi connectivity index (χ4v) is 4.27. The van der Waals surface area contributed by atoms with Gasteiger partial charge >= 0.3 is 0 Å². The molecule has 3 aromatic rings. The van der Waals surface area contributed by atoms with Crippen molar-refractivity contribution < 1.29 is 4.79 Å². The van der Waals surface area contributed by atoms with Crippen LogP contribution in [0, 0.1) is 11.8 Å². The van der Waals surface area contributed by atoms with Crippen LogP contribution in [0.5, 0.6) is 0 Å². The van der Waals surface area contributed by atoms with Crippen molar-refractivity contribution >= 4 is 22.6 Å². The highest BCUT2D eigenvalue weighted by molar-refractivity contribution is 5.85. The number of H-pyrrole nitrogens is 1. The Morgan fingerprint density at radius 2 is 1.87 bits per heavy atom. The topological polar surface area (TPSA) is 86.9 Å². The van der Waals surface area contributed by atoms with Crippen LogP contribution in [-0.4, -0.2) is 28.5 Å². The van der Waals surface area contributed by atoms with Gasteiger partial charge < -0.3 is 15.6 Å². The van der Waals surface area contributed by atoms with E-state index in [1.807, 2.05) is 48.5 Å². The van der Waals surface area contributed by atoms with Gasteiger partial charge in [0, 0.05) is 17.3 Å². The molecule has 1 aromatic heterocycles. The molecule has 4 rings (SSSR count). The van der Waals surface area contributed by atoms with E-state index in [-0.39, 0.29) is 24.1 Å². The fraction of sp³-hybridized carbons (Fsp3) is 0.375. The number of para-hydroxylation sites is 3. The van der Waals surface area contributed by atoms with Gasteiger partial charge in [0.2, 0.25) is 5.91 Å². The summed E-state index contributed by atoms with van der Waals surface area (Å²) in [5.41, 5.74) is 2.90. The summed E-state index contributed by atoms with van der Waals surface area (Å²) in [6, 6.07) is 15.1. The Balaban J connectivity index is 1.51. The first kappa shape index (κ1) is 20.1. The molecule has 3 N–H and O–H groups in total. The average molecular weight is 405 g/mol. The van der Waals surface area contributed by atoms with Crippen LogP contribution >= 0.6 is 0 Å². The van der Waals surface area contributed by atoms with E-state index in [4.69, 9.17) is 0 Å². The zero-order valence-electron chi connectivity index (χ0n) is 17.4. The number of anilines is 1. The molecule has 1 heterocycles. The third-order valence-corrected chi connectivity index (χ3v) is 6.27. The van der Waals surface area contributed by atoms with E-state index in [0.29, 0.717) is 34.3 Å². The van der Waals surface area contributed by atoms with Gasteiger partial charge in [-0.05, 0) is 36.5 Å². The molecule has 1 aliphatic carbocycles. The zero-order valence-corrected chi connectivity index (χ0v) is 17.4. The summed E-state index contributed by atoms with van der Waals surface area (Å²) in [7, 11) is 0. The smallest absolute Gasteiger partial charge is 0.275 e. The fourth-order valence-electron chi connectivity index (χ4n) is 4.27. The maximum atomic E-state index is 12.6. The maximum absolute atomic E-state index is 12.6. The van der Waals surface area contributed by atoms with Crippen molar-refractivity contribution in [2.24, 2.45) is 11.8 Å². The summed E-state index contributed by atoms with van der Waals surface area (Å²) < 4.78 is 0. The van der Waals surface area contributed by atoms with Crippen molar-refractivity contribution in [3.05, 3.63) is 58.9 Å². The number of nitrogens with zero attached hydrogens (tertiary/aromatic N) is 1. The van der Waals surface area contributed by atoms with E-state index in [9.17, 15) is 9.59 Å². The van der Waals surface area contributed by atoms with Crippen molar-refractivity contribution in [3.63, 3.8) is 0 Å². The predicted octanol–water partition coefficient (Wildman–Crippen LogP) is 3.94. The molecule has 1 saturated carbocycles. The Kier molecular flexibility index (Phi) is 5.84. The Hall–Kier alpha value is -3.15. The molecule has 156 valence electrons. The minimum Gasteiger partial charge on any atom is -0.376 e. The van der Waals surface area contributed by atoms with Gasteiger partial charge in [0.1, 0.15) is 5.69 Å². The molecular formula is C24H28N4O2. The van der Waals surface area contributed by atoms with Crippen LogP contribution in [0.3, 0.4) is 0 Å². The summed E-state index contributed by atoms with van der Waals surface area (Å²) in [4.78, 5) is 32.6. The van der Waals surface area contributed by atoms with Gasteiger partial charge in [-0.25, -0.2) is 4.98 Å². The Bertz CT molecular complexity index is 1110. The second-order valence-corrected chi connectivity index (χ2v) is 8.27. The number of benzene rings is 2. The molecular weight excluding hydrogens is 376 g/mol. The number of nitrogens with one attached hydrogen (secondary N) is 3. The van der Waals surface area contributed by atoms with Gasteiger partial charge in [-0.1, -0.05) is 57.0 Å². The average Bonchev–Trinajstić information content (AvgIpc) is 2.75. The van der Waals surface area contributed by atoms with Crippen LogP contribution in [0.15, 0.2) is 53.3 Å². The number of aromatic amines is 1. The molecule has 3 atom stereocenters. The first-order valence-corrected chi connectivity index (χ1v) is 10.6. The van der Waals surface area contributed by atoms with Crippen molar-refractivity contribution in [3.8, 4) is 11.3 Å². The van der Waals surface area contributed by atoms with Crippen LogP contribution in [0.25, 0.3) is 22.3 Å². The van der Waals surface area contributed by atoms with Crippen molar-refractivity contribution in [1.29, 1.82) is 0 Å². The second-order valence-electron chi connectivity index (χ2n) is 8.27. The summed E-state index contributed by atoms with van der Waals surface area (Å²) >= 11 is 0. The molecule has 0 saturated heterocycles. The van der Waals surface area contributed by atoms with Gasteiger partial charge in [0.05, 0.1) is 17.6 Å². The molecule has 0 bridgehead atoms. The standard InChI is InChI=1S/C24H28N4O2/c1-15-8-7-13-18(16(15)2)26-22(29)14-25-19-10-4-3-9-17(19)23-24(30)28-21-12-6-5-11-20(21)27-23/h3-6,9-12,15-16,18,25H,7-8,13-14H2,1-2H3,(H,26,29)(H,28,30). The third kappa shape index (κ3) is 4.22. The Morgan fingerprint density at radius 3 is 2.73 bits per heavy atom. The number of amides is 1. The molecule has 1 fully saturated rings. The lowest BCUT2D eigenvalue weighted by molar-refractivity contribution is -0.120. The lowest BCUT2D eigenvalue weighted by Crippen LogP contribution is -2.45. The lowest BCUT2D eigenvalue weighted by atomic mass is 9.78.